The highest BCUT2D eigenvalue weighted by Crippen LogP contribution is 2.22. The van der Waals surface area contributed by atoms with Crippen LogP contribution in [0.2, 0.25) is 0 Å². The van der Waals surface area contributed by atoms with E-state index < -0.39 is 4.92 Å². The van der Waals surface area contributed by atoms with Crippen LogP contribution in [0.25, 0.3) is 11.0 Å². The van der Waals surface area contributed by atoms with E-state index in [0.717, 1.165) is 11.3 Å². The van der Waals surface area contributed by atoms with Crippen LogP contribution in [0.3, 0.4) is 0 Å². The number of nitro groups is 1. The average Bonchev–Trinajstić information content (AvgIpc) is 3.16. The minimum absolute atomic E-state index is 0.0477. The zero-order valence-corrected chi connectivity index (χ0v) is 15.8. The van der Waals surface area contributed by atoms with Crippen molar-refractivity contribution >= 4 is 22.5 Å². The number of nitrogens with one attached hydrogen (secondary N) is 1. The Kier molecular flexibility index (Phi) is 5.38. The summed E-state index contributed by atoms with van der Waals surface area (Å²) in [5.41, 5.74) is 1.79. The number of ether oxygens (including phenoxy) is 2. The molecule has 30 heavy (non-hydrogen) atoms. The molecule has 8 nitrogen and oxygen atoms in total. The quantitative estimate of drug-likeness (QED) is 0.344. The number of H-pyrrole nitrogens is 1. The summed E-state index contributed by atoms with van der Waals surface area (Å²) in [6.07, 6.45) is 0.206. The van der Waals surface area contributed by atoms with Gasteiger partial charge in [0.1, 0.15) is 11.5 Å². The fraction of sp³-hybridized carbons (Fsp3) is 0.0909. The number of nitrogens with zero attached hydrogens (tertiary/aromatic N) is 2. The molecule has 4 rings (SSSR count). The van der Waals surface area contributed by atoms with Gasteiger partial charge in [-0.3, -0.25) is 14.9 Å². The molecule has 0 saturated carbocycles. The Morgan fingerprint density at radius 2 is 1.73 bits per heavy atom. The second-order valence-electron chi connectivity index (χ2n) is 6.56. The van der Waals surface area contributed by atoms with Gasteiger partial charge in [-0.1, -0.05) is 30.3 Å². The summed E-state index contributed by atoms with van der Waals surface area (Å²) in [5.74, 6) is 1.30. The van der Waals surface area contributed by atoms with Gasteiger partial charge in [0.2, 0.25) is 0 Å². The van der Waals surface area contributed by atoms with Gasteiger partial charge in [-0.05, 0) is 35.9 Å². The van der Waals surface area contributed by atoms with Gasteiger partial charge in [0, 0.05) is 18.6 Å². The molecular weight excluding hydrogens is 386 g/mol. The number of benzene rings is 3. The van der Waals surface area contributed by atoms with Crippen LogP contribution >= 0.6 is 0 Å². The number of para-hydroxylation sites is 1. The van der Waals surface area contributed by atoms with Crippen molar-refractivity contribution in [2.75, 3.05) is 6.61 Å². The molecule has 0 atom stereocenters. The van der Waals surface area contributed by atoms with Crippen LogP contribution < -0.4 is 9.47 Å². The molecule has 150 valence electrons. The van der Waals surface area contributed by atoms with E-state index in [1.165, 1.54) is 18.2 Å². The zero-order chi connectivity index (χ0) is 20.9. The summed E-state index contributed by atoms with van der Waals surface area (Å²) in [7, 11) is 0. The van der Waals surface area contributed by atoms with Crippen molar-refractivity contribution in [3.63, 3.8) is 0 Å². The lowest BCUT2D eigenvalue weighted by atomic mass is 10.1. The number of carbonyl (C=O) groups is 1. The molecule has 0 spiro atoms. The monoisotopic (exact) mass is 403 g/mol. The van der Waals surface area contributed by atoms with Crippen molar-refractivity contribution < 1.29 is 19.2 Å². The number of ketones is 1. The van der Waals surface area contributed by atoms with Gasteiger partial charge in [-0.2, -0.15) is 4.98 Å². The van der Waals surface area contributed by atoms with Crippen molar-refractivity contribution in [1.82, 2.24) is 9.97 Å². The lowest BCUT2D eigenvalue weighted by Gasteiger charge is -2.07. The largest absolute Gasteiger partial charge is 0.457 e. The van der Waals surface area contributed by atoms with Gasteiger partial charge in [0.05, 0.1) is 16.0 Å². The SMILES string of the molecule is O=C(COc1nc2ccc([N+](=O)[O-])cc2[nH]1)Cc1ccc(Oc2ccccc2)cc1. The van der Waals surface area contributed by atoms with Gasteiger partial charge in [0.15, 0.2) is 12.4 Å². The molecule has 0 amide bonds. The molecule has 8 heteroatoms. The topological polar surface area (TPSA) is 107 Å². The van der Waals surface area contributed by atoms with E-state index in [1.807, 2.05) is 54.6 Å². The van der Waals surface area contributed by atoms with Crippen molar-refractivity contribution in [2.45, 2.75) is 6.42 Å². The Morgan fingerprint density at radius 1 is 1.00 bits per heavy atom. The fourth-order valence-electron chi connectivity index (χ4n) is 2.88. The van der Waals surface area contributed by atoms with Crippen LogP contribution in [-0.2, 0) is 11.2 Å². The third kappa shape index (κ3) is 4.61. The summed E-state index contributed by atoms with van der Waals surface area (Å²) >= 11 is 0. The minimum atomic E-state index is -0.486. The number of aromatic nitrogens is 2. The number of hydrogen-bond donors (Lipinski definition) is 1. The summed E-state index contributed by atoms with van der Waals surface area (Å²) in [4.78, 5) is 29.6. The normalized spacial score (nSPS) is 10.7. The molecule has 0 saturated heterocycles. The molecule has 0 unspecified atom stereocenters. The van der Waals surface area contributed by atoms with Gasteiger partial charge in [0.25, 0.3) is 11.7 Å². The molecule has 0 aliphatic heterocycles. The van der Waals surface area contributed by atoms with Crippen molar-refractivity contribution in [2.24, 2.45) is 0 Å². The number of nitro benzene ring substituents is 1. The molecule has 0 aliphatic carbocycles. The number of hydrogen-bond acceptors (Lipinski definition) is 6. The molecule has 0 fully saturated rings. The Hall–Kier alpha value is -4.20. The van der Waals surface area contributed by atoms with Crippen LogP contribution in [0, 0.1) is 10.1 Å². The van der Waals surface area contributed by atoms with E-state index in [9.17, 15) is 14.9 Å². The van der Waals surface area contributed by atoms with Crippen LogP contribution in [0.4, 0.5) is 5.69 Å². The minimum Gasteiger partial charge on any atom is -0.457 e. The number of imidazole rings is 1. The number of fused-ring (bicyclic) bond motifs is 1. The fourth-order valence-corrected chi connectivity index (χ4v) is 2.88. The second-order valence-corrected chi connectivity index (χ2v) is 6.56. The predicted molar refractivity (Wildman–Crippen MR) is 110 cm³/mol. The highest BCUT2D eigenvalue weighted by atomic mass is 16.6. The van der Waals surface area contributed by atoms with Gasteiger partial charge in [-0.25, -0.2) is 0 Å². The number of rotatable bonds is 8. The maximum atomic E-state index is 12.2. The summed E-state index contributed by atoms with van der Waals surface area (Å²) in [6, 6.07) is 21.1. The van der Waals surface area contributed by atoms with Crippen LogP contribution in [0.15, 0.2) is 72.8 Å². The number of aromatic amines is 1. The second kappa shape index (κ2) is 8.44. The number of Topliss-reactive ketones (excluding diaryl/α,β-unsaturated/α-hetero) is 1. The molecule has 0 radical (unpaired) electrons. The van der Waals surface area contributed by atoms with E-state index in [4.69, 9.17) is 9.47 Å². The lowest BCUT2D eigenvalue weighted by molar-refractivity contribution is -0.384. The van der Waals surface area contributed by atoms with Gasteiger partial charge in [-0.15, -0.1) is 0 Å². The van der Waals surface area contributed by atoms with Gasteiger partial charge < -0.3 is 14.5 Å². The van der Waals surface area contributed by atoms with E-state index in [1.54, 1.807) is 0 Å². The number of carbonyl (C=O) groups excluding carboxylic acids is 1. The molecule has 1 aromatic heterocycles. The Labute approximate surface area is 171 Å². The number of non-ortho nitro benzene ring substituents is 1. The van der Waals surface area contributed by atoms with Gasteiger partial charge >= 0.3 is 0 Å². The first-order chi connectivity index (χ1) is 14.6. The third-order valence-corrected chi connectivity index (χ3v) is 4.33. The Balaban J connectivity index is 1.32. The standard InChI is InChI=1S/C22H17N3O5/c26-17(12-15-6-9-19(10-7-15)30-18-4-2-1-3-5-18)14-29-22-23-20-11-8-16(25(27)28)13-21(20)24-22/h1-11,13H,12,14H2,(H,23,24). The summed E-state index contributed by atoms with van der Waals surface area (Å²) < 4.78 is 11.1. The first-order valence-corrected chi connectivity index (χ1v) is 9.17. The molecule has 1 heterocycles. The summed E-state index contributed by atoms with van der Waals surface area (Å²) in [5, 5.41) is 10.8. The van der Waals surface area contributed by atoms with Crippen molar-refractivity contribution in [3.05, 3.63) is 88.5 Å². The van der Waals surface area contributed by atoms with Crippen LogP contribution in [0.5, 0.6) is 17.5 Å². The Bertz CT molecular complexity index is 1190. The average molecular weight is 403 g/mol. The van der Waals surface area contributed by atoms with Crippen LogP contribution in [-0.4, -0.2) is 27.3 Å². The smallest absolute Gasteiger partial charge is 0.295 e. The third-order valence-electron chi connectivity index (χ3n) is 4.33. The Morgan fingerprint density at radius 3 is 2.47 bits per heavy atom. The molecular formula is C22H17N3O5. The predicted octanol–water partition coefficient (Wildman–Crippen LogP) is 4.45. The van der Waals surface area contributed by atoms with E-state index >= 15 is 0 Å². The molecule has 3 aromatic carbocycles. The summed E-state index contributed by atoms with van der Waals surface area (Å²) in [6.45, 7) is -0.163. The maximum absolute atomic E-state index is 12.2. The molecule has 0 aliphatic rings. The van der Waals surface area contributed by atoms with E-state index in [-0.39, 0.29) is 30.5 Å². The highest BCUT2D eigenvalue weighted by Gasteiger charge is 2.12. The van der Waals surface area contributed by atoms with E-state index in [2.05, 4.69) is 9.97 Å². The lowest BCUT2D eigenvalue weighted by Crippen LogP contribution is -2.14. The molecule has 4 aromatic rings. The molecule has 1 N–H and O–H groups in total. The first kappa shape index (κ1) is 19.1. The molecule has 0 bridgehead atoms. The van der Waals surface area contributed by atoms with Crippen LogP contribution in [0.1, 0.15) is 5.56 Å². The van der Waals surface area contributed by atoms with E-state index in [0.29, 0.717) is 16.8 Å². The zero-order valence-electron chi connectivity index (χ0n) is 15.8. The highest BCUT2D eigenvalue weighted by molar-refractivity contribution is 5.82. The van der Waals surface area contributed by atoms with Crippen molar-refractivity contribution in [1.29, 1.82) is 0 Å². The van der Waals surface area contributed by atoms with Crippen molar-refractivity contribution in [3.8, 4) is 17.5 Å². The first-order valence-electron chi connectivity index (χ1n) is 9.17. The maximum Gasteiger partial charge on any atom is 0.295 e.